The third kappa shape index (κ3) is 6.11. The van der Waals surface area contributed by atoms with Crippen LogP contribution in [0.2, 0.25) is 0 Å². The van der Waals surface area contributed by atoms with Gasteiger partial charge >= 0.3 is 6.03 Å². The monoisotopic (exact) mass is 536 g/mol. The van der Waals surface area contributed by atoms with Gasteiger partial charge in [-0.3, -0.25) is 19.4 Å². The molecule has 0 spiro atoms. The van der Waals surface area contributed by atoms with Crippen molar-refractivity contribution < 1.29 is 35.5 Å². The molecule has 3 aromatic rings. The first-order valence-corrected chi connectivity index (χ1v) is 12.6. The first-order chi connectivity index (χ1) is 16.8. The molecule has 16 heteroatoms. The summed E-state index contributed by atoms with van der Waals surface area (Å²) >= 11 is 0. The molecule has 3 rings (SSSR count). The number of hydrogen-bond donors (Lipinski definition) is 5. The highest BCUT2D eigenvalue weighted by Gasteiger charge is 2.21. The fourth-order valence-electron chi connectivity index (χ4n) is 3.15. The number of carbonyl (C=O) groups excluding carboxylic acids is 1. The number of urea groups is 1. The Morgan fingerprint density at radius 3 is 2.17 bits per heavy atom. The highest BCUT2D eigenvalue weighted by Crippen LogP contribution is 2.35. The lowest BCUT2D eigenvalue weighted by Crippen LogP contribution is -2.39. The zero-order valence-electron chi connectivity index (χ0n) is 18.7. The summed E-state index contributed by atoms with van der Waals surface area (Å²) in [5, 5.41) is 12.7. The van der Waals surface area contributed by atoms with Gasteiger partial charge in [0.05, 0.1) is 24.2 Å². The molecular formula is C20H20N6O8S2. The van der Waals surface area contributed by atoms with Crippen molar-refractivity contribution in [3.05, 3.63) is 48.5 Å². The van der Waals surface area contributed by atoms with E-state index in [-0.39, 0.29) is 33.9 Å². The van der Waals surface area contributed by atoms with Crippen molar-refractivity contribution in [3.63, 3.8) is 0 Å². The van der Waals surface area contributed by atoms with Crippen LogP contribution >= 0.6 is 0 Å². The minimum absolute atomic E-state index is 0.0544. The SMILES string of the molecule is CN=C(NC(N)=O)Nc1ccc(N=Nc2cc(S(=O)(=O)O)c3cccc(S(=O)(=O)O)c3c2)cc1OC. The zero-order chi connectivity index (χ0) is 26.7. The Morgan fingerprint density at radius 2 is 1.58 bits per heavy atom. The number of methoxy groups -OCH3 is 1. The third-order valence-electron chi connectivity index (χ3n) is 4.64. The highest BCUT2D eigenvalue weighted by molar-refractivity contribution is 7.86. The fraction of sp³-hybridized carbons (Fsp3) is 0.100. The molecule has 0 saturated carbocycles. The Labute approximate surface area is 205 Å². The predicted octanol–water partition coefficient (Wildman–Crippen LogP) is 2.82. The number of carbonyl (C=O) groups is 1. The van der Waals surface area contributed by atoms with Crippen LogP contribution in [-0.4, -0.2) is 52.1 Å². The number of primary amides is 1. The van der Waals surface area contributed by atoms with Crippen molar-refractivity contribution in [1.29, 1.82) is 0 Å². The molecule has 0 radical (unpaired) electrons. The zero-order valence-corrected chi connectivity index (χ0v) is 20.3. The molecule has 0 fully saturated rings. The number of hydrogen-bond acceptors (Lipinski definition) is 9. The Bertz CT molecular complexity index is 1620. The number of aliphatic imine (C=N–C) groups is 1. The minimum Gasteiger partial charge on any atom is -0.494 e. The Hall–Kier alpha value is -4.12. The second-order valence-electron chi connectivity index (χ2n) is 7.02. The van der Waals surface area contributed by atoms with E-state index in [4.69, 9.17) is 10.5 Å². The van der Waals surface area contributed by atoms with Crippen LogP contribution in [0.3, 0.4) is 0 Å². The molecule has 2 amide bonds. The summed E-state index contributed by atoms with van der Waals surface area (Å²) in [6.45, 7) is 0. The molecule has 0 aromatic heterocycles. The molecule has 36 heavy (non-hydrogen) atoms. The van der Waals surface area contributed by atoms with Crippen LogP contribution in [0, 0.1) is 0 Å². The van der Waals surface area contributed by atoms with Crippen LogP contribution in [0.5, 0.6) is 5.75 Å². The van der Waals surface area contributed by atoms with Crippen molar-refractivity contribution >= 4 is 60.1 Å². The van der Waals surface area contributed by atoms with Gasteiger partial charge in [-0.1, -0.05) is 12.1 Å². The number of benzene rings is 3. The van der Waals surface area contributed by atoms with E-state index < -0.39 is 36.1 Å². The van der Waals surface area contributed by atoms with Gasteiger partial charge in [-0.05, 0) is 30.3 Å². The van der Waals surface area contributed by atoms with Crippen molar-refractivity contribution in [2.45, 2.75) is 9.79 Å². The van der Waals surface area contributed by atoms with Gasteiger partial charge in [0.25, 0.3) is 20.2 Å². The first kappa shape index (κ1) is 26.5. The third-order valence-corrected chi connectivity index (χ3v) is 6.45. The van der Waals surface area contributed by atoms with Gasteiger partial charge in [0, 0.05) is 23.9 Å². The summed E-state index contributed by atoms with van der Waals surface area (Å²) in [5.41, 5.74) is 5.59. The lowest BCUT2D eigenvalue weighted by Gasteiger charge is -2.13. The number of rotatable bonds is 6. The quantitative estimate of drug-likeness (QED) is 0.135. The van der Waals surface area contributed by atoms with E-state index in [0.29, 0.717) is 5.69 Å². The van der Waals surface area contributed by atoms with Gasteiger partial charge in [0.15, 0.2) is 0 Å². The second-order valence-corrected chi connectivity index (χ2v) is 9.80. The van der Waals surface area contributed by atoms with Crippen LogP contribution in [0.25, 0.3) is 10.8 Å². The van der Waals surface area contributed by atoms with Crippen molar-refractivity contribution in [1.82, 2.24) is 5.32 Å². The summed E-state index contributed by atoms with van der Waals surface area (Å²) in [5.74, 6) is 0.323. The van der Waals surface area contributed by atoms with E-state index in [1.165, 1.54) is 50.6 Å². The molecule has 14 nitrogen and oxygen atoms in total. The predicted molar refractivity (Wildman–Crippen MR) is 130 cm³/mol. The van der Waals surface area contributed by atoms with Crippen molar-refractivity contribution in [3.8, 4) is 5.75 Å². The second kappa shape index (κ2) is 10.2. The Morgan fingerprint density at radius 1 is 0.917 bits per heavy atom. The van der Waals surface area contributed by atoms with Gasteiger partial charge in [0.2, 0.25) is 5.96 Å². The average molecular weight is 537 g/mol. The van der Waals surface area contributed by atoms with Crippen molar-refractivity contribution in [2.75, 3.05) is 19.5 Å². The largest absolute Gasteiger partial charge is 0.494 e. The lowest BCUT2D eigenvalue weighted by atomic mass is 10.1. The number of azo groups is 1. The van der Waals surface area contributed by atoms with Gasteiger partial charge in [-0.2, -0.15) is 27.1 Å². The van der Waals surface area contributed by atoms with Crippen LogP contribution < -0.4 is 21.1 Å². The molecule has 0 bridgehead atoms. The molecule has 3 aromatic carbocycles. The summed E-state index contributed by atoms with van der Waals surface area (Å²) in [6.07, 6.45) is 0. The lowest BCUT2D eigenvalue weighted by molar-refractivity contribution is 0.253. The summed E-state index contributed by atoms with van der Waals surface area (Å²) in [7, 11) is -6.72. The smallest absolute Gasteiger partial charge is 0.318 e. The maximum atomic E-state index is 11.9. The number of nitrogens with zero attached hydrogens (tertiary/aromatic N) is 3. The molecule has 0 aliphatic heterocycles. The van der Waals surface area contributed by atoms with Gasteiger partial charge in [-0.15, -0.1) is 0 Å². The average Bonchev–Trinajstić information content (AvgIpc) is 2.80. The van der Waals surface area contributed by atoms with E-state index in [9.17, 15) is 30.7 Å². The van der Waals surface area contributed by atoms with E-state index in [0.717, 1.165) is 12.1 Å². The fourth-order valence-corrected chi connectivity index (χ4v) is 4.58. The van der Waals surface area contributed by atoms with E-state index in [1.54, 1.807) is 0 Å². The standard InChI is InChI=1S/C20H20N6O8S2/c1-22-20(24-19(21)27)23-15-7-6-11(9-16(15)34-2)25-26-12-8-14-13(18(10-12)36(31,32)33)4-3-5-17(14)35(28,29)30/h3-10H,1-2H3,(H,28,29,30)(H,31,32,33)(H4,21,22,23,24,27). The minimum atomic E-state index is -4.79. The highest BCUT2D eigenvalue weighted by atomic mass is 32.2. The summed E-state index contributed by atoms with van der Waals surface area (Å²) < 4.78 is 71.9. The number of guanidine groups is 1. The first-order valence-electron chi connectivity index (χ1n) is 9.75. The number of amides is 2. The normalized spacial score (nSPS) is 12.6. The van der Waals surface area contributed by atoms with Gasteiger partial charge in [0.1, 0.15) is 15.5 Å². The number of fused-ring (bicyclic) bond motifs is 1. The number of ether oxygens (including phenoxy) is 1. The molecule has 0 aliphatic carbocycles. The summed E-state index contributed by atoms with van der Waals surface area (Å²) in [6, 6.07) is 9.42. The topological polar surface area (TPSA) is 222 Å². The summed E-state index contributed by atoms with van der Waals surface area (Å²) in [4.78, 5) is 13.7. The molecule has 0 saturated heterocycles. The van der Waals surface area contributed by atoms with E-state index >= 15 is 0 Å². The Kier molecular flexibility index (Phi) is 7.54. The van der Waals surface area contributed by atoms with E-state index in [1.807, 2.05) is 0 Å². The van der Waals surface area contributed by atoms with Crippen molar-refractivity contribution in [2.24, 2.45) is 21.0 Å². The van der Waals surface area contributed by atoms with Crippen LogP contribution in [0.1, 0.15) is 0 Å². The molecule has 6 N–H and O–H groups in total. The molecule has 0 unspecified atom stereocenters. The molecule has 0 heterocycles. The van der Waals surface area contributed by atoms with E-state index in [2.05, 4.69) is 25.9 Å². The van der Waals surface area contributed by atoms with Gasteiger partial charge in [-0.25, -0.2) is 4.79 Å². The number of nitrogens with two attached hydrogens (primary N) is 1. The molecule has 0 atom stereocenters. The van der Waals surface area contributed by atoms with Crippen LogP contribution in [0.15, 0.2) is 73.5 Å². The van der Waals surface area contributed by atoms with Gasteiger partial charge < -0.3 is 15.8 Å². The number of nitrogens with one attached hydrogen (secondary N) is 2. The molecule has 0 aliphatic rings. The molecular weight excluding hydrogens is 516 g/mol. The molecule has 190 valence electrons. The number of anilines is 1. The van der Waals surface area contributed by atoms with Crippen LogP contribution in [-0.2, 0) is 20.2 Å². The maximum Gasteiger partial charge on any atom is 0.318 e. The Balaban J connectivity index is 2.06. The maximum absolute atomic E-state index is 11.9. The van der Waals surface area contributed by atoms with Crippen LogP contribution in [0.4, 0.5) is 21.9 Å².